The standard InChI is InChI=1S/C19H29N3O3.ClH/c1-2-15-6-8-17(9-7-15)25-14-19(24)22-12-4-3-5-16(22)13-21-18(23)10-11-20;/h6-9,16H,2-5,10-14,20H2,1H3,(H,21,23);1H. The van der Waals surface area contributed by atoms with Gasteiger partial charge in [0.1, 0.15) is 5.75 Å². The van der Waals surface area contributed by atoms with Gasteiger partial charge in [-0.1, -0.05) is 19.1 Å². The smallest absolute Gasteiger partial charge is 0.260 e. The van der Waals surface area contributed by atoms with Crippen molar-refractivity contribution in [2.75, 3.05) is 26.2 Å². The quantitative estimate of drug-likeness (QED) is 0.718. The van der Waals surface area contributed by atoms with E-state index in [9.17, 15) is 9.59 Å². The first-order valence-electron chi connectivity index (χ1n) is 9.12. The Bertz CT molecular complexity index is 566. The Hall–Kier alpha value is -1.79. The monoisotopic (exact) mass is 383 g/mol. The molecule has 1 unspecified atom stereocenters. The number of likely N-dealkylation sites (tertiary alicyclic amines) is 1. The molecule has 1 aromatic rings. The lowest BCUT2D eigenvalue weighted by Crippen LogP contribution is -2.50. The summed E-state index contributed by atoms with van der Waals surface area (Å²) >= 11 is 0. The number of piperidine rings is 1. The fraction of sp³-hybridized carbons (Fsp3) is 0.579. The molecule has 2 rings (SSSR count). The number of ether oxygens (including phenoxy) is 1. The molecule has 0 bridgehead atoms. The topological polar surface area (TPSA) is 84.7 Å². The van der Waals surface area contributed by atoms with Gasteiger partial charge in [-0.3, -0.25) is 9.59 Å². The minimum atomic E-state index is -0.0623. The van der Waals surface area contributed by atoms with Crippen LogP contribution >= 0.6 is 12.4 Å². The zero-order valence-corrected chi connectivity index (χ0v) is 16.2. The number of nitrogens with zero attached hydrogens (tertiary/aromatic N) is 1. The van der Waals surface area contributed by atoms with Crippen LogP contribution in [-0.4, -0.2) is 49.0 Å². The third-order valence-electron chi connectivity index (χ3n) is 4.55. The molecule has 1 aliphatic rings. The van der Waals surface area contributed by atoms with Gasteiger partial charge in [0.05, 0.1) is 0 Å². The lowest BCUT2D eigenvalue weighted by atomic mass is 10.0. The number of amides is 2. The molecule has 146 valence electrons. The van der Waals surface area contributed by atoms with Crippen molar-refractivity contribution in [3.05, 3.63) is 29.8 Å². The van der Waals surface area contributed by atoms with Crippen molar-refractivity contribution in [2.45, 2.75) is 45.1 Å². The molecule has 26 heavy (non-hydrogen) atoms. The highest BCUT2D eigenvalue weighted by molar-refractivity contribution is 5.85. The van der Waals surface area contributed by atoms with Crippen LogP contribution in [0.2, 0.25) is 0 Å². The molecule has 1 saturated heterocycles. The largest absolute Gasteiger partial charge is 0.484 e. The number of hydrogen-bond acceptors (Lipinski definition) is 4. The minimum absolute atomic E-state index is 0. The lowest BCUT2D eigenvalue weighted by Gasteiger charge is -2.35. The number of rotatable bonds is 8. The van der Waals surface area contributed by atoms with E-state index >= 15 is 0 Å². The number of carbonyl (C=O) groups is 2. The molecule has 1 fully saturated rings. The first kappa shape index (κ1) is 22.3. The third-order valence-corrected chi connectivity index (χ3v) is 4.55. The van der Waals surface area contributed by atoms with Gasteiger partial charge in [0.15, 0.2) is 6.61 Å². The van der Waals surface area contributed by atoms with E-state index in [1.165, 1.54) is 5.56 Å². The van der Waals surface area contributed by atoms with Crippen LogP contribution in [0.25, 0.3) is 0 Å². The molecular formula is C19H30ClN3O3. The van der Waals surface area contributed by atoms with Gasteiger partial charge in [-0.2, -0.15) is 0 Å². The van der Waals surface area contributed by atoms with Crippen LogP contribution in [0, 0.1) is 0 Å². The Morgan fingerprint density at radius 1 is 1.27 bits per heavy atom. The summed E-state index contributed by atoms with van der Waals surface area (Å²) in [7, 11) is 0. The average Bonchev–Trinajstić information content (AvgIpc) is 2.65. The molecule has 1 atom stereocenters. The summed E-state index contributed by atoms with van der Waals surface area (Å²) in [5, 5.41) is 2.87. The van der Waals surface area contributed by atoms with Crippen LogP contribution in [0.15, 0.2) is 24.3 Å². The summed E-state index contributed by atoms with van der Waals surface area (Å²) in [6, 6.07) is 7.85. The number of hydrogen-bond donors (Lipinski definition) is 2. The number of nitrogens with one attached hydrogen (secondary N) is 1. The van der Waals surface area contributed by atoms with Gasteiger partial charge in [-0.05, 0) is 43.4 Å². The molecule has 0 aliphatic carbocycles. The van der Waals surface area contributed by atoms with E-state index in [0.717, 1.165) is 25.7 Å². The van der Waals surface area contributed by atoms with Crippen LogP contribution < -0.4 is 15.8 Å². The molecule has 7 heteroatoms. The van der Waals surface area contributed by atoms with Crippen molar-refractivity contribution in [1.29, 1.82) is 0 Å². The fourth-order valence-corrected chi connectivity index (χ4v) is 3.04. The Labute approximate surface area is 161 Å². The predicted octanol–water partition coefficient (Wildman–Crippen LogP) is 1.90. The zero-order valence-electron chi connectivity index (χ0n) is 15.4. The lowest BCUT2D eigenvalue weighted by molar-refractivity contribution is -0.137. The minimum Gasteiger partial charge on any atom is -0.484 e. The summed E-state index contributed by atoms with van der Waals surface area (Å²) in [5.41, 5.74) is 6.62. The fourth-order valence-electron chi connectivity index (χ4n) is 3.04. The molecule has 1 aliphatic heterocycles. The number of aryl methyl sites for hydroxylation is 1. The third kappa shape index (κ3) is 6.84. The normalized spacial score (nSPS) is 16.5. The average molecular weight is 384 g/mol. The summed E-state index contributed by atoms with van der Waals surface area (Å²) in [6.45, 7) is 3.66. The molecule has 0 spiro atoms. The summed E-state index contributed by atoms with van der Waals surface area (Å²) < 4.78 is 5.64. The van der Waals surface area contributed by atoms with E-state index in [2.05, 4.69) is 12.2 Å². The van der Waals surface area contributed by atoms with E-state index in [-0.39, 0.29) is 36.9 Å². The van der Waals surface area contributed by atoms with E-state index < -0.39 is 0 Å². The second kappa shape index (κ2) is 11.8. The maximum atomic E-state index is 12.5. The number of benzene rings is 1. The van der Waals surface area contributed by atoms with Crippen LogP contribution in [0.4, 0.5) is 0 Å². The molecule has 0 saturated carbocycles. The van der Waals surface area contributed by atoms with Crippen molar-refractivity contribution in [2.24, 2.45) is 5.73 Å². The van der Waals surface area contributed by atoms with Gasteiger partial charge < -0.3 is 20.7 Å². The molecule has 1 aromatic carbocycles. The number of halogens is 1. The van der Waals surface area contributed by atoms with E-state index in [1.807, 2.05) is 29.2 Å². The first-order chi connectivity index (χ1) is 12.1. The van der Waals surface area contributed by atoms with E-state index in [4.69, 9.17) is 10.5 Å². The van der Waals surface area contributed by atoms with Crippen molar-refractivity contribution < 1.29 is 14.3 Å². The first-order valence-corrected chi connectivity index (χ1v) is 9.12. The SMILES string of the molecule is CCc1ccc(OCC(=O)N2CCCCC2CNC(=O)CCN)cc1.Cl. The van der Waals surface area contributed by atoms with Crippen molar-refractivity contribution in [1.82, 2.24) is 10.2 Å². The Morgan fingerprint density at radius 3 is 2.65 bits per heavy atom. The molecule has 0 aromatic heterocycles. The second-order valence-electron chi connectivity index (χ2n) is 6.37. The van der Waals surface area contributed by atoms with Crippen molar-refractivity contribution in [3.8, 4) is 5.75 Å². The summed E-state index contributed by atoms with van der Waals surface area (Å²) in [6.07, 6.45) is 4.26. The molecule has 3 N–H and O–H groups in total. The highest BCUT2D eigenvalue weighted by Gasteiger charge is 2.27. The maximum Gasteiger partial charge on any atom is 0.260 e. The Balaban J connectivity index is 0.00000338. The van der Waals surface area contributed by atoms with Crippen LogP contribution in [0.3, 0.4) is 0 Å². The Kier molecular flexibility index (Phi) is 10.1. The van der Waals surface area contributed by atoms with Gasteiger partial charge in [-0.25, -0.2) is 0 Å². The second-order valence-corrected chi connectivity index (χ2v) is 6.37. The van der Waals surface area contributed by atoms with Gasteiger partial charge in [-0.15, -0.1) is 12.4 Å². The predicted molar refractivity (Wildman–Crippen MR) is 105 cm³/mol. The molecule has 6 nitrogen and oxygen atoms in total. The van der Waals surface area contributed by atoms with E-state index in [0.29, 0.717) is 31.8 Å². The van der Waals surface area contributed by atoms with Gasteiger partial charge >= 0.3 is 0 Å². The van der Waals surface area contributed by atoms with Crippen molar-refractivity contribution in [3.63, 3.8) is 0 Å². The van der Waals surface area contributed by atoms with Crippen LogP contribution in [0.5, 0.6) is 5.75 Å². The highest BCUT2D eigenvalue weighted by atomic mass is 35.5. The summed E-state index contributed by atoms with van der Waals surface area (Å²) in [5.74, 6) is 0.612. The highest BCUT2D eigenvalue weighted by Crippen LogP contribution is 2.18. The summed E-state index contributed by atoms with van der Waals surface area (Å²) in [4.78, 5) is 26.0. The number of carbonyl (C=O) groups excluding carboxylic acids is 2. The van der Waals surface area contributed by atoms with Crippen LogP contribution in [-0.2, 0) is 16.0 Å². The molecule has 0 radical (unpaired) electrons. The van der Waals surface area contributed by atoms with Gasteiger partial charge in [0.2, 0.25) is 5.91 Å². The zero-order chi connectivity index (χ0) is 18.1. The van der Waals surface area contributed by atoms with Crippen molar-refractivity contribution >= 4 is 24.2 Å². The van der Waals surface area contributed by atoms with Gasteiger partial charge in [0.25, 0.3) is 5.91 Å². The van der Waals surface area contributed by atoms with Gasteiger partial charge in [0, 0.05) is 32.1 Å². The number of nitrogens with two attached hydrogens (primary N) is 1. The Morgan fingerprint density at radius 2 is 2.00 bits per heavy atom. The molecule has 2 amide bonds. The maximum absolute atomic E-state index is 12.5. The molecular weight excluding hydrogens is 354 g/mol. The molecule has 1 heterocycles. The van der Waals surface area contributed by atoms with Crippen LogP contribution in [0.1, 0.15) is 38.2 Å². The van der Waals surface area contributed by atoms with E-state index in [1.54, 1.807) is 0 Å².